The van der Waals surface area contributed by atoms with Gasteiger partial charge in [0.25, 0.3) is 0 Å². The van der Waals surface area contributed by atoms with Crippen LogP contribution in [-0.4, -0.2) is 38.4 Å². The van der Waals surface area contributed by atoms with Crippen molar-refractivity contribution < 1.29 is 14.3 Å². The molecule has 2 heterocycles. The van der Waals surface area contributed by atoms with Crippen molar-refractivity contribution in [3.8, 4) is 0 Å². The zero-order valence-electron chi connectivity index (χ0n) is 13.1. The summed E-state index contributed by atoms with van der Waals surface area (Å²) in [7, 11) is 0. The molecule has 0 bridgehead atoms. The highest BCUT2D eigenvalue weighted by Gasteiger charge is 2.37. The van der Waals surface area contributed by atoms with Crippen LogP contribution in [0.4, 0.5) is 0 Å². The fraction of sp³-hybridized carbons (Fsp3) is 0.938. The lowest BCUT2D eigenvalue weighted by Gasteiger charge is -2.31. The Hall–Kier alpha value is -0.610. The molecule has 3 atom stereocenters. The van der Waals surface area contributed by atoms with Gasteiger partial charge in [-0.25, -0.2) is 0 Å². The van der Waals surface area contributed by atoms with Crippen molar-refractivity contribution >= 4 is 5.91 Å². The van der Waals surface area contributed by atoms with Crippen LogP contribution >= 0.6 is 0 Å². The minimum Gasteiger partial charge on any atom is -0.381 e. The first-order valence-electron chi connectivity index (χ1n) is 7.93. The molecule has 0 aromatic carbocycles. The Morgan fingerprint density at radius 2 is 2.05 bits per heavy atom. The van der Waals surface area contributed by atoms with Gasteiger partial charge in [-0.2, -0.15) is 0 Å². The standard InChI is InChI=1S/C16H29NO3/c1-16(2,3)15-13(7-9-20-15)10-17-14(18)5-4-12-6-8-19-11-12/h12-13,15H,4-11H2,1-3H3,(H,17,18)/t12?,13-,15+/m1/s1. The average molecular weight is 283 g/mol. The fourth-order valence-electron chi connectivity index (χ4n) is 3.28. The summed E-state index contributed by atoms with van der Waals surface area (Å²) in [6.07, 6.45) is 4.00. The van der Waals surface area contributed by atoms with E-state index < -0.39 is 0 Å². The van der Waals surface area contributed by atoms with E-state index in [1.54, 1.807) is 0 Å². The topological polar surface area (TPSA) is 47.6 Å². The van der Waals surface area contributed by atoms with Gasteiger partial charge in [0.15, 0.2) is 0 Å². The quantitative estimate of drug-likeness (QED) is 0.842. The molecule has 0 aromatic heterocycles. The van der Waals surface area contributed by atoms with Crippen molar-refractivity contribution in [2.45, 2.75) is 52.6 Å². The van der Waals surface area contributed by atoms with E-state index in [1.165, 1.54) is 0 Å². The maximum absolute atomic E-state index is 11.9. The minimum absolute atomic E-state index is 0.146. The lowest BCUT2D eigenvalue weighted by Crippen LogP contribution is -2.38. The first-order valence-corrected chi connectivity index (χ1v) is 7.93. The van der Waals surface area contributed by atoms with Gasteiger partial charge in [-0.15, -0.1) is 0 Å². The molecule has 4 nitrogen and oxygen atoms in total. The van der Waals surface area contributed by atoms with E-state index in [0.717, 1.165) is 45.6 Å². The van der Waals surface area contributed by atoms with Crippen molar-refractivity contribution in [3.05, 3.63) is 0 Å². The monoisotopic (exact) mass is 283 g/mol. The molecule has 0 aliphatic carbocycles. The van der Waals surface area contributed by atoms with Crippen molar-refractivity contribution in [3.63, 3.8) is 0 Å². The SMILES string of the molecule is CC(C)(C)[C@H]1OCC[C@@H]1CNC(=O)CCC1CCOC1. The minimum atomic E-state index is 0.146. The van der Waals surface area contributed by atoms with Gasteiger partial charge in [0.05, 0.1) is 6.10 Å². The molecule has 0 spiro atoms. The van der Waals surface area contributed by atoms with Crippen molar-refractivity contribution in [2.24, 2.45) is 17.3 Å². The summed E-state index contributed by atoms with van der Waals surface area (Å²) >= 11 is 0. The maximum Gasteiger partial charge on any atom is 0.220 e. The highest BCUT2D eigenvalue weighted by Crippen LogP contribution is 2.34. The van der Waals surface area contributed by atoms with E-state index in [4.69, 9.17) is 9.47 Å². The number of amides is 1. The second-order valence-corrected chi connectivity index (χ2v) is 7.28. The average Bonchev–Trinajstić information content (AvgIpc) is 3.03. The zero-order valence-corrected chi connectivity index (χ0v) is 13.1. The molecule has 2 rings (SSSR count). The maximum atomic E-state index is 11.9. The van der Waals surface area contributed by atoms with Gasteiger partial charge in [-0.3, -0.25) is 4.79 Å². The molecule has 1 amide bonds. The smallest absolute Gasteiger partial charge is 0.220 e. The summed E-state index contributed by atoms with van der Waals surface area (Å²) in [5, 5.41) is 3.09. The van der Waals surface area contributed by atoms with Crippen LogP contribution in [0.5, 0.6) is 0 Å². The van der Waals surface area contributed by atoms with E-state index in [0.29, 0.717) is 18.3 Å². The predicted octanol–water partition coefficient (Wildman–Crippen LogP) is 2.37. The van der Waals surface area contributed by atoms with E-state index in [2.05, 4.69) is 26.1 Å². The molecule has 1 N–H and O–H groups in total. The molecular formula is C16H29NO3. The van der Waals surface area contributed by atoms with Gasteiger partial charge in [0.2, 0.25) is 5.91 Å². The van der Waals surface area contributed by atoms with Crippen LogP contribution in [0.2, 0.25) is 0 Å². The number of ether oxygens (including phenoxy) is 2. The number of hydrogen-bond donors (Lipinski definition) is 1. The summed E-state index contributed by atoms with van der Waals surface area (Å²) in [6, 6.07) is 0. The molecular weight excluding hydrogens is 254 g/mol. The summed E-state index contributed by atoms with van der Waals surface area (Å²) in [6.45, 7) is 9.88. The first-order chi connectivity index (χ1) is 9.47. The number of nitrogens with one attached hydrogen (secondary N) is 1. The second kappa shape index (κ2) is 6.90. The Bertz CT molecular complexity index is 318. The molecule has 4 heteroatoms. The largest absolute Gasteiger partial charge is 0.381 e. The van der Waals surface area contributed by atoms with Crippen LogP contribution in [0.1, 0.15) is 46.5 Å². The Kier molecular flexibility index (Phi) is 5.44. The van der Waals surface area contributed by atoms with Gasteiger partial charge in [-0.05, 0) is 30.6 Å². The lowest BCUT2D eigenvalue weighted by atomic mass is 9.81. The summed E-state index contributed by atoms with van der Waals surface area (Å²) in [4.78, 5) is 11.9. The molecule has 0 saturated carbocycles. The Morgan fingerprint density at radius 3 is 2.70 bits per heavy atom. The van der Waals surface area contributed by atoms with Crippen LogP contribution in [-0.2, 0) is 14.3 Å². The number of carbonyl (C=O) groups excluding carboxylic acids is 1. The Balaban J connectivity index is 1.67. The highest BCUT2D eigenvalue weighted by molar-refractivity contribution is 5.75. The van der Waals surface area contributed by atoms with Crippen molar-refractivity contribution in [1.29, 1.82) is 0 Å². The Labute approximate surface area is 122 Å². The lowest BCUT2D eigenvalue weighted by molar-refractivity contribution is -0.121. The highest BCUT2D eigenvalue weighted by atomic mass is 16.5. The predicted molar refractivity (Wildman–Crippen MR) is 78.5 cm³/mol. The van der Waals surface area contributed by atoms with Gasteiger partial charge < -0.3 is 14.8 Å². The molecule has 2 saturated heterocycles. The van der Waals surface area contributed by atoms with Gasteiger partial charge in [-0.1, -0.05) is 20.8 Å². The van der Waals surface area contributed by atoms with E-state index in [-0.39, 0.29) is 17.4 Å². The van der Waals surface area contributed by atoms with E-state index >= 15 is 0 Å². The number of carbonyl (C=O) groups is 1. The van der Waals surface area contributed by atoms with Crippen molar-refractivity contribution in [1.82, 2.24) is 5.32 Å². The summed E-state index contributed by atoms with van der Waals surface area (Å²) < 4.78 is 11.2. The molecule has 1 unspecified atom stereocenters. The second-order valence-electron chi connectivity index (χ2n) is 7.28. The third-order valence-electron chi connectivity index (χ3n) is 4.43. The molecule has 2 aliphatic rings. The van der Waals surface area contributed by atoms with Crippen LogP contribution in [0, 0.1) is 17.3 Å². The molecule has 0 radical (unpaired) electrons. The molecule has 20 heavy (non-hydrogen) atoms. The van der Waals surface area contributed by atoms with E-state index in [1.807, 2.05) is 0 Å². The number of rotatable bonds is 5. The Morgan fingerprint density at radius 1 is 1.25 bits per heavy atom. The molecule has 2 fully saturated rings. The summed E-state index contributed by atoms with van der Waals surface area (Å²) in [5.74, 6) is 1.21. The third kappa shape index (κ3) is 4.45. The summed E-state index contributed by atoms with van der Waals surface area (Å²) in [5.41, 5.74) is 0.146. The molecule has 0 aromatic rings. The normalized spacial score (nSPS) is 30.6. The third-order valence-corrected chi connectivity index (χ3v) is 4.43. The number of hydrogen-bond acceptors (Lipinski definition) is 3. The molecule has 116 valence electrons. The van der Waals surface area contributed by atoms with Crippen LogP contribution in [0.15, 0.2) is 0 Å². The van der Waals surface area contributed by atoms with Gasteiger partial charge >= 0.3 is 0 Å². The van der Waals surface area contributed by atoms with E-state index in [9.17, 15) is 4.79 Å². The van der Waals surface area contributed by atoms with Gasteiger partial charge in [0, 0.05) is 38.7 Å². The van der Waals surface area contributed by atoms with Crippen LogP contribution < -0.4 is 5.32 Å². The van der Waals surface area contributed by atoms with Crippen LogP contribution in [0.25, 0.3) is 0 Å². The van der Waals surface area contributed by atoms with Crippen molar-refractivity contribution in [2.75, 3.05) is 26.4 Å². The first kappa shape index (κ1) is 15.8. The zero-order chi connectivity index (χ0) is 14.6. The molecule has 2 aliphatic heterocycles. The van der Waals surface area contributed by atoms with Gasteiger partial charge in [0.1, 0.15) is 0 Å². The fourth-order valence-corrected chi connectivity index (χ4v) is 3.28. The van der Waals surface area contributed by atoms with Crippen LogP contribution in [0.3, 0.4) is 0 Å².